The fraction of sp³-hybridized carbons (Fsp3) is 0.333. The number of likely N-dealkylation sites (tertiary alicyclic amines) is 1. The van der Waals surface area contributed by atoms with Crippen molar-refractivity contribution in [3.63, 3.8) is 0 Å². The van der Waals surface area contributed by atoms with Gasteiger partial charge < -0.3 is 14.7 Å². The zero-order valence-electron chi connectivity index (χ0n) is 15.3. The third-order valence-electron chi connectivity index (χ3n) is 4.87. The van der Waals surface area contributed by atoms with Crippen LogP contribution >= 0.6 is 0 Å². The number of hydrogen-bond acceptors (Lipinski definition) is 3. The van der Waals surface area contributed by atoms with Crippen LogP contribution in [0.5, 0.6) is 0 Å². The molecule has 0 bridgehead atoms. The Morgan fingerprint density at radius 1 is 1.07 bits per heavy atom. The molecule has 0 spiro atoms. The van der Waals surface area contributed by atoms with E-state index in [0.717, 1.165) is 11.1 Å². The highest BCUT2D eigenvalue weighted by Crippen LogP contribution is 2.24. The molecule has 0 radical (unpaired) electrons. The van der Waals surface area contributed by atoms with Crippen molar-refractivity contribution in [2.75, 3.05) is 6.54 Å². The lowest BCUT2D eigenvalue weighted by Crippen LogP contribution is -2.42. The molecule has 0 saturated carbocycles. The molecule has 3 rings (SSSR count). The topological polar surface area (TPSA) is 70.1 Å². The highest BCUT2D eigenvalue weighted by atomic mass is 16.6. The van der Waals surface area contributed by atoms with Crippen LogP contribution in [0.15, 0.2) is 60.7 Å². The van der Waals surface area contributed by atoms with Gasteiger partial charge in [-0.2, -0.15) is 0 Å². The van der Waals surface area contributed by atoms with Gasteiger partial charge in [-0.3, -0.25) is 4.90 Å². The molecule has 2 aromatic rings. The van der Waals surface area contributed by atoms with E-state index in [2.05, 4.69) is 0 Å². The molecule has 6 heteroatoms. The second-order valence-electron chi connectivity index (χ2n) is 6.83. The van der Waals surface area contributed by atoms with E-state index in [1.54, 1.807) is 4.90 Å². The zero-order valence-corrected chi connectivity index (χ0v) is 15.3. The number of carboxylic acid groups (broad SMARTS) is 1. The van der Waals surface area contributed by atoms with Crippen LogP contribution in [-0.2, 0) is 17.9 Å². The minimum Gasteiger partial charge on any atom is -0.465 e. The van der Waals surface area contributed by atoms with Gasteiger partial charge in [-0.25, -0.2) is 9.59 Å². The minimum absolute atomic E-state index is 0.132. The summed E-state index contributed by atoms with van der Waals surface area (Å²) >= 11 is 0. The standard InChI is InChI=1S/C21H24N2O4/c1-16-12-19(14-22(16)20(24)25)23(13-17-8-4-2-5-9-17)21(26)27-15-18-10-6-3-7-11-18/h2-11,16,19H,12-15H2,1H3,(H,24,25)/t16-,19+/m1/s1. The van der Waals surface area contributed by atoms with Crippen molar-refractivity contribution in [2.24, 2.45) is 0 Å². The van der Waals surface area contributed by atoms with Gasteiger partial charge in [0.05, 0.1) is 6.04 Å². The van der Waals surface area contributed by atoms with Crippen LogP contribution in [0.2, 0.25) is 0 Å². The summed E-state index contributed by atoms with van der Waals surface area (Å²) in [6, 6.07) is 18.8. The second kappa shape index (κ2) is 8.58. The fourth-order valence-electron chi connectivity index (χ4n) is 3.42. The van der Waals surface area contributed by atoms with Gasteiger partial charge in [0.2, 0.25) is 0 Å². The van der Waals surface area contributed by atoms with Gasteiger partial charge in [0.15, 0.2) is 0 Å². The van der Waals surface area contributed by atoms with E-state index in [1.807, 2.05) is 67.6 Å². The molecule has 1 saturated heterocycles. The number of benzene rings is 2. The lowest BCUT2D eigenvalue weighted by molar-refractivity contribution is 0.0773. The summed E-state index contributed by atoms with van der Waals surface area (Å²) in [5.41, 5.74) is 1.90. The second-order valence-corrected chi connectivity index (χ2v) is 6.83. The molecule has 1 fully saturated rings. The van der Waals surface area contributed by atoms with Gasteiger partial charge in [-0.1, -0.05) is 60.7 Å². The third kappa shape index (κ3) is 4.78. The summed E-state index contributed by atoms with van der Waals surface area (Å²) < 4.78 is 5.53. The van der Waals surface area contributed by atoms with E-state index in [9.17, 15) is 14.7 Å². The third-order valence-corrected chi connectivity index (χ3v) is 4.87. The highest BCUT2D eigenvalue weighted by molar-refractivity contribution is 5.69. The zero-order chi connectivity index (χ0) is 19.2. The van der Waals surface area contributed by atoms with Crippen LogP contribution in [0.25, 0.3) is 0 Å². The summed E-state index contributed by atoms with van der Waals surface area (Å²) in [5, 5.41) is 9.35. The smallest absolute Gasteiger partial charge is 0.410 e. The number of carbonyl (C=O) groups is 2. The molecule has 1 heterocycles. The molecule has 2 aromatic carbocycles. The molecule has 0 aromatic heterocycles. The molecule has 0 aliphatic carbocycles. The largest absolute Gasteiger partial charge is 0.465 e. The van der Waals surface area contributed by atoms with Crippen LogP contribution < -0.4 is 0 Å². The Morgan fingerprint density at radius 3 is 2.22 bits per heavy atom. The number of nitrogens with zero attached hydrogens (tertiary/aromatic N) is 2. The Hall–Kier alpha value is -3.02. The molecule has 1 aliphatic heterocycles. The molecule has 142 valence electrons. The van der Waals surface area contributed by atoms with Crippen LogP contribution in [-0.4, -0.2) is 45.7 Å². The highest BCUT2D eigenvalue weighted by Gasteiger charge is 2.38. The Kier molecular flexibility index (Phi) is 5.96. The van der Waals surface area contributed by atoms with Crippen molar-refractivity contribution in [2.45, 2.75) is 38.6 Å². The first-order chi connectivity index (χ1) is 13.0. The van der Waals surface area contributed by atoms with Crippen molar-refractivity contribution in [3.05, 3.63) is 71.8 Å². The van der Waals surface area contributed by atoms with Gasteiger partial charge in [0.1, 0.15) is 6.61 Å². The van der Waals surface area contributed by atoms with E-state index in [0.29, 0.717) is 19.5 Å². The van der Waals surface area contributed by atoms with Crippen LogP contribution in [0, 0.1) is 0 Å². The van der Waals surface area contributed by atoms with Gasteiger partial charge in [0, 0.05) is 19.1 Å². The lowest BCUT2D eigenvalue weighted by Gasteiger charge is -2.28. The molecule has 2 atom stereocenters. The van der Waals surface area contributed by atoms with Gasteiger partial charge in [-0.15, -0.1) is 0 Å². The predicted octanol–water partition coefficient (Wildman–Crippen LogP) is 3.97. The number of hydrogen-bond donors (Lipinski definition) is 1. The average Bonchev–Trinajstić information content (AvgIpc) is 3.07. The van der Waals surface area contributed by atoms with E-state index < -0.39 is 12.2 Å². The molecule has 2 amide bonds. The average molecular weight is 368 g/mol. The molecular formula is C21H24N2O4. The Morgan fingerprint density at radius 2 is 1.67 bits per heavy atom. The van der Waals surface area contributed by atoms with E-state index in [4.69, 9.17) is 4.74 Å². The minimum atomic E-state index is -0.956. The number of amides is 2. The summed E-state index contributed by atoms with van der Waals surface area (Å²) in [5.74, 6) is 0. The maximum atomic E-state index is 12.8. The normalized spacial score (nSPS) is 18.9. The molecule has 1 N–H and O–H groups in total. The summed E-state index contributed by atoms with van der Waals surface area (Å²) in [6.45, 7) is 2.74. The quantitative estimate of drug-likeness (QED) is 0.867. The maximum Gasteiger partial charge on any atom is 0.410 e. The van der Waals surface area contributed by atoms with Crippen LogP contribution in [0.3, 0.4) is 0 Å². The van der Waals surface area contributed by atoms with E-state index in [1.165, 1.54) is 4.90 Å². The molecule has 0 unspecified atom stereocenters. The van der Waals surface area contributed by atoms with E-state index >= 15 is 0 Å². The summed E-state index contributed by atoms with van der Waals surface area (Å²) in [7, 11) is 0. The van der Waals surface area contributed by atoms with Crippen molar-refractivity contribution >= 4 is 12.2 Å². The Labute approximate surface area is 159 Å². The molecule has 27 heavy (non-hydrogen) atoms. The number of ether oxygens (including phenoxy) is 1. The SMILES string of the molecule is C[C@@H]1C[C@H](N(Cc2ccccc2)C(=O)OCc2ccccc2)CN1C(=O)O. The van der Waals surface area contributed by atoms with Gasteiger partial charge in [0.25, 0.3) is 0 Å². The molecular weight excluding hydrogens is 344 g/mol. The fourth-order valence-corrected chi connectivity index (χ4v) is 3.42. The van der Waals surface area contributed by atoms with Gasteiger partial charge >= 0.3 is 12.2 Å². The predicted molar refractivity (Wildman–Crippen MR) is 101 cm³/mol. The van der Waals surface area contributed by atoms with Crippen LogP contribution in [0.1, 0.15) is 24.5 Å². The van der Waals surface area contributed by atoms with Crippen molar-refractivity contribution in [1.82, 2.24) is 9.80 Å². The number of carbonyl (C=O) groups excluding carboxylic acids is 1. The van der Waals surface area contributed by atoms with Gasteiger partial charge in [-0.05, 0) is 24.5 Å². The summed E-state index contributed by atoms with van der Waals surface area (Å²) in [6.07, 6.45) is -0.783. The molecule has 1 aliphatic rings. The number of rotatable bonds is 5. The van der Waals surface area contributed by atoms with Crippen molar-refractivity contribution in [1.29, 1.82) is 0 Å². The molecule has 6 nitrogen and oxygen atoms in total. The lowest BCUT2D eigenvalue weighted by atomic mass is 10.1. The Bertz CT molecular complexity index is 766. The van der Waals surface area contributed by atoms with Crippen LogP contribution in [0.4, 0.5) is 9.59 Å². The first kappa shape index (κ1) is 18.8. The first-order valence-electron chi connectivity index (χ1n) is 9.05. The van der Waals surface area contributed by atoms with Crippen molar-refractivity contribution < 1.29 is 19.4 Å². The summed E-state index contributed by atoms with van der Waals surface area (Å²) in [4.78, 5) is 27.3. The Balaban J connectivity index is 1.73. The first-order valence-corrected chi connectivity index (χ1v) is 9.05. The van der Waals surface area contributed by atoms with Crippen molar-refractivity contribution in [3.8, 4) is 0 Å². The monoisotopic (exact) mass is 368 g/mol. The maximum absolute atomic E-state index is 12.8. The van der Waals surface area contributed by atoms with E-state index in [-0.39, 0.29) is 18.7 Å².